The predicted octanol–water partition coefficient (Wildman–Crippen LogP) is 3.14. The van der Waals surface area contributed by atoms with Gasteiger partial charge in [0.25, 0.3) is 0 Å². The Balaban J connectivity index is 1.05. The quantitative estimate of drug-likeness (QED) is 0.612. The zero-order chi connectivity index (χ0) is 22.5. The van der Waals surface area contributed by atoms with E-state index in [1.54, 1.807) is 0 Å². The van der Waals surface area contributed by atoms with Crippen LogP contribution in [-0.2, 0) is 17.8 Å². The molecule has 3 aromatic rings. The largest absolute Gasteiger partial charge is 0.354 e. The van der Waals surface area contributed by atoms with E-state index in [4.69, 9.17) is 0 Å². The minimum Gasteiger partial charge on any atom is -0.354 e. The first-order valence-corrected chi connectivity index (χ1v) is 11.8. The number of rotatable bonds is 7. The molecule has 0 saturated carbocycles. The Labute approximate surface area is 195 Å². The summed E-state index contributed by atoms with van der Waals surface area (Å²) in [7, 11) is 0. The molecule has 1 amide bonds. The van der Waals surface area contributed by atoms with Crippen molar-refractivity contribution in [3.8, 4) is 5.69 Å². The number of nitrogens with one attached hydrogen (secondary N) is 1. The number of hydrogen-bond acceptors (Lipinski definition) is 4. The van der Waals surface area contributed by atoms with E-state index in [1.165, 1.54) is 16.7 Å². The predicted molar refractivity (Wildman–Crippen MR) is 131 cm³/mol. The van der Waals surface area contributed by atoms with Crippen LogP contribution in [0.4, 0.5) is 0 Å². The Bertz CT molecular complexity index is 1120. The fourth-order valence-electron chi connectivity index (χ4n) is 4.69. The first kappa shape index (κ1) is 21.6. The van der Waals surface area contributed by atoms with Gasteiger partial charge < -0.3 is 5.32 Å². The number of hydrogen-bond donors (Lipinski definition) is 1. The number of carbonyl (C=O) groups excluding carboxylic acids is 1. The molecular weight excluding hydrogens is 410 g/mol. The molecule has 6 heteroatoms. The van der Waals surface area contributed by atoms with E-state index in [2.05, 4.69) is 68.9 Å². The molecule has 0 spiro atoms. The first-order chi connectivity index (χ1) is 16.2. The molecule has 2 aliphatic heterocycles. The van der Waals surface area contributed by atoms with E-state index in [-0.39, 0.29) is 5.91 Å². The molecule has 0 atom stereocenters. The monoisotopic (exact) mass is 441 g/mol. The third kappa shape index (κ3) is 5.41. The van der Waals surface area contributed by atoms with Gasteiger partial charge in [0.05, 0.1) is 18.4 Å². The molecule has 0 aliphatic carbocycles. The lowest BCUT2D eigenvalue weighted by Crippen LogP contribution is -2.42. The van der Waals surface area contributed by atoms with Crippen LogP contribution in [0.15, 0.2) is 73.1 Å². The lowest BCUT2D eigenvalue weighted by atomic mass is 10.00. The van der Waals surface area contributed by atoms with Gasteiger partial charge in [-0.1, -0.05) is 48.5 Å². The molecule has 5 rings (SSSR count). The molecule has 2 aromatic carbocycles. The number of amides is 1. The molecule has 0 fully saturated rings. The molecule has 0 radical (unpaired) electrons. The summed E-state index contributed by atoms with van der Waals surface area (Å²) in [6.07, 6.45) is 8.27. The van der Waals surface area contributed by atoms with Crippen LogP contribution in [0.2, 0.25) is 0 Å². The lowest BCUT2D eigenvalue weighted by molar-refractivity contribution is -0.122. The second kappa shape index (κ2) is 10.1. The van der Waals surface area contributed by atoms with Gasteiger partial charge in [-0.15, -0.1) is 0 Å². The Morgan fingerprint density at radius 2 is 1.73 bits per heavy atom. The number of nitrogens with zero attached hydrogens (tertiary/aromatic N) is 4. The van der Waals surface area contributed by atoms with Crippen molar-refractivity contribution in [1.29, 1.82) is 0 Å². The highest BCUT2D eigenvalue weighted by Gasteiger charge is 2.18. The van der Waals surface area contributed by atoms with E-state index < -0.39 is 0 Å². The zero-order valence-corrected chi connectivity index (χ0v) is 19.0. The summed E-state index contributed by atoms with van der Waals surface area (Å²) < 4.78 is 1.91. The van der Waals surface area contributed by atoms with Crippen molar-refractivity contribution >= 4 is 11.5 Å². The topological polar surface area (TPSA) is 53.4 Å². The maximum atomic E-state index is 12.5. The average Bonchev–Trinajstić information content (AvgIpc) is 3.35. The van der Waals surface area contributed by atoms with Gasteiger partial charge in [-0.25, -0.2) is 4.68 Å². The minimum atomic E-state index is 0.112. The Hall–Kier alpha value is -3.22. The molecule has 0 saturated heterocycles. The third-order valence-corrected chi connectivity index (χ3v) is 6.59. The molecule has 6 nitrogen and oxygen atoms in total. The molecule has 2 aliphatic rings. The van der Waals surface area contributed by atoms with Crippen LogP contribution >= 0.6 is 0 Å². The highest BCUT2D eigenvalue weighted by atomic mass is 16.2. The highest BCUT2D eigenvalue weighted by molar-refractivity contribution is 5.78. The normalized spacial score (nSPS) is 16.8. The van der Waals surface area contributed by atoms with Crippen LogP contribution < -0.4 is 5.32 Å². The van der Waals surface area contributed by atoms with Crippen molar-refractivity contribution in [3.63, 3.8) is 0 Å². The maximum Gasteiger partial charge on any atom is 0.234 e. The number of carbonyl (C=O) groups is 1. The molecule has 0 bridgehead atoms. The average molecular weight is 442 g/mol. The summed E-state index contributed by atoms with van der Waals surface area (Å²) in [5.41, 5.74) is 6.40. The standard InChI is InChI=1S/C27H31N5O/c33-27(28-13-17-31-16-10-22-6-4-5-7-24(22)19-31)21-30-14-11-23(12-15-30)25-18-29-32(20-25)26-8-2-1-3-9-26/h1-9,11,18,20H,10,12-17,19,21H2,(H,28,33). The summed E-state index contributed by atoms with van der Waals surface area (Å²) in [6, 6.07) is 18.8. The van der Waals surface area contributed by atoms with Gasteiger partial charge in [0.15, 0.2) is 0 Å². The summed E-state index contributed by atoms with van der Waals surface area (Å²) in [5.74, 6) is 0.112. The molecule has 170 valence electrons. The van der Waals surface area contributed by atoms with Gasteiger partial charge in [0.1, 0.15) is 0 Å². The number of aromatic nitrogens is 2. The second-order valence-electron chi connectivity index (χ2n) is 8.87. The van der Waals surface area contributed by atoms with Gasteiger partial charge in [0, 0.05) is 51.0 Å². The first-order valence-electron chi connectivity index (χ1n) is 11.8. The number of fused-ring (bicyclic) bond motifs is 1. The number of para-hydroxylation sites is 1. The van der Waals surface area contributed by atoms with Crippen molar-refractivity contribution < 1.29 is 4.79 Å². The van der Waals surface area contributed by atoms with Crippen molar-refractivity contribution in [2.45, 2.75) is 19.4 Å². The van der Waals surface area contributed by atoms with Crippen LogP contribution in [-0.4, -0.2) is 64.8 Å². The van der Waals surface area contributed by atoms with Crippen LogP contribution in [0.25, 0.3) is 11.3 Å². The minimum absolute atomic E-state index is 0.112. The second-order valence-corrected chi connectivity index (χ2v) is 8.87. The Morgan fingerprint density at radius 3 is 2.55 bits per heavy atom. The van der Waals surface area contributed by atoms with Gasteiger partial charge in [-0.2, -0.15) is 5.10 Å². The summed E-state index contributed by atoms with van der Waals surface area (Å²) >= 11 is 0. The fraction of sp³-hybridized carbons (Fsp3) is 0.333. The summed E-state index contributed by atoms with van der Waals surface area (Å²) in [6.45, 7) is 5.78. The SMILES string of the molecule is O=C(CN1CC=C(c2cnn(-c3ccccc3)c2)CC1)NCCN1CCc2ccccc2C1. The van der Waals surface area contributed by atoms with E-state index in [1.807, 2.05) is 29.1 Å². The maximum absolute atomic E-state index is 12.5. The van der Waals surface area contributed by atoms with Crippen molar-refractivity contribution in [2.75, 3.05) is 39.3 Å². The lowest BCUT2D eigenvalue weighted by Gasteiger charge is -2.29. The highest BCUT2D eigenvalue weighted by Crippen LogP contribution is 2.23. The van der Waals surface area contributed by atoms with Crippen molar-refractivity contribution in [3.05, 3.63) is 89.8 Å². The van der Waals surface area contributed by atoms with E-state index in [0.29, 0.717) is 13.1 Å². The van der Waals surface area contributed by atoms with Gasteiger partial charge in [-0.05, 0) is 41.7 Å². The van der Waals surface area contributed by atoms with Gasteiger partial charge >= 0.3 is 0 Å². The molecule has 33 heavy (non-hydrogen) atoms. The van der Waals surface area contributed by atoms with Crippen molar-refractivity contribution in [2.24, 2.45) is 0 Å². The van der Waals surface area contributed by atoms with Crippen LogP contribution in [0, 0.1) is 0 Å². The molecular formula is C27H31N5O. The smallest absolute Gasteiger partial charge is 0.234 e. The van der Waals surface area contributed by atoms with Crippen LogP contribution in [0.5, 0.6) is 0 Å². The van der Waals surface area contributed by atoms with Crippen LogP contribution in [0.3, 0.4) is 0 Å². The van der Waals surface area contributed by atoms with Gasteiger partial charge in [-0.3, -0.25) is 14.6 Å². The molecule has 1 N–H and O–H groups in total. The summed E-state index contributed by atoms with van der Waals surface area (Å²) in [4.78, 5) is 17.1. The van der Waals surface area contributed by atoms with Crippen molar-refractivity contribution in [1.82, 2.24) is 24.9 Å². The summed E-state index contributed by atoms with van der Waals surface area (Å²) in [5, 5.41) is 7.62. The Kier molecular flexibility index (Phi) is 6.65. The van der Waals surface area contributed by atoms with E-state index in [9.17, 15) is 4.79 Å². The van der Waals surface area contributed by atoms with Gasteiger partial charge in [0.2, 0.25) is 5.91 Å². The third-order valence-electron chi connectivity index (χ3n) is 6.59. The van der Waals surface area contributed by atoms with Crippen LogP contribution in [0.1, 0.15) is 23.1 Å². The molecule has 3 heterocycles. The fourth-order valence-corrected chi connectivity index (χ4v) is 4.69. The molecule has 0 unspecified atom stereocenters. The van der Waals surface area contributed by atoms with E-state index in [0.717, 1.165) is 56.8 Å². The zero-order valence-electron chi connectivity index (χ0n) is 19.0. The van der Waals surface area contributed by atoms with E-state index >= 15 is 0 Å². The Morgan fingerprint density at radius 1 is 0.939 bits per heavy atom. The number of benzene rings is 2. The molecule has 1 aromatic heterocycles.